The molecular weight excluding hydrogens is 306 g/mol. The van der Waals surface area contributed by atoms with Gasteiger partial charge in [-0.05, 0) is 24.3 Å². The van der Waals surface area contributed by atoms with Crippen LogP contribution >= 0.6 is 0 Å². The summed E-state index contributed by atoms with van der Waals surface area (Å²) in [5.41, 5.74) is 1.90. The second kappa shape index (κ2) is 5.38. The fourth-order valence-electron chi connectivity index (χ4n) is 2.76. The van der Waals surface area contributed by atoms with Crippen molar-refractivity contribution in [1.82, 2.24) is 0 Å². The highest BCUT2D eigenvalue weighted by molar-refractivity contribution is 5.97. The van der Waals surface area contributed by atoms with Gasteiger partial charge in [-0.1, -0.05) is 18.2 Å². The van der Waals surface area contributed by atoms with Gasteiger partial charge in [0.05, 0.1) is 0 Å². The predicted octanol–water partition coefficient (Wildman–Crippen LogP) is 4.16. The van der Waals surface area contributed by atoms with Crippen molar-refractivity contribution >= 4 is 33.5 Å². The largest absolute Gasteiger partial charge is 0.456 e. The number of benzene rings is 2. The lowest BCUT2D eigenvalue weighted by Crippen LogP contribution is -2.06. The van der Waals surface area contributed by atoms with Gasteiger partial charge in [0.25, 0.3) is 0 Å². The molecule has 5 nitrogen and oxygen atoms in total. The van der Waals surface area contributed by atoms with Crippen LogP contribution < -0.4 is 10.9 Å². The van der Waals surface area contributed by atoms with Crippen molar-refractivity contribution in [3.63, 3.8) is 0 Å². The Hall–Kier alpha value is -3.34. The van der Waals surface area contributed by atoms with Crippen LogP contribution in [0, 0.1) is 0 Å². The Labute approximate surface area is 136 Å². The van der Waals surface area contributed by atoms with Gasteiger partial charge in [-0.2, -0.15) is 0 Å². The highest BCUT2D eigenvalue weighted by Gasteiger charge is 2.13. The maximum absolute atomic E-state index is 11.9. The Morgan fingerprint density at radius 1 is 0.958 bits per heavy atom. The van der Waals surface area contributed by atoms with E-state index in [1.165, 1.54) is 13.0 Å². The zero-order valence-corrected chi connectivity index (χ0v) is 12.8. The summed E-state index contributed by atoms with van der Waals surface area (Å²) >= 11 is 0. The van der Waals surface area contributed by atoms with Crippen LogP contribution in [-0.4, -0.2) is 5.91 Å². The summed E-state index contributed by atoms with van der Waals surface area (Å²) in [5, 5.41) is 4.37. The molecule has 4 aromatic rings. The van der Waals surface area contributed by atoms with Crippen LogP contribution in [0.25, 0.3) is 33.3 Å². The van der Waals surface area contributed by atoms with Crippen LogP contribution in [-0.2, 0) is 4.79 Å². The van der Waals surface area contributed by atoms with Gasteiger partial charge in [-0.3, -0.25) is 4.79 Å². The van der Waals surface area contributed by atoms with Crippen LogP contribution in [0.4, 0.5) is 5.69 Å². The van der Waals surface area contributed by atoms with E-state index in [-0.39, 0.29) is 5.91 Å². The van der Waals surface area contributed by atoms with E-state index in [1.807, 2.05) is 30.3 Å². The van der Waals surface area contributed by atoms with Crippen LogP contribution in [0.1, 0.15) is 6.92 Å². The van der Waals surface area contributed by atoms with E-state index in [9.17, 15) is 9.59 Å². The third-order valence-electron chi connectivity index (χ3n) is 3.76. The molecule has 0 saturated carbocycles. The first-order valence-corrected chi connectivity index (χ1v) is 7.44. The van der Waals surface area contributed by atoms with E-state index in [0.717, 1.165) is 16.4 Å². The fourth-order valence-corrected chi connectivity index (χ4v) is 2.76. The second-order valence-electron chi connectivity index (χ2n) is 5.52. The maximum Gasteiger partial charge on any atom is 0.336 e. The Morgan fingerprint density at radius 3 is 2.58 bits per heavy atom. The molecule has 0 atom stereocenters. The number of fused-ring (bicyclic) bond motifs is 2. The fraction of sp³-hybridized carbons (Fsp3) is 0.0526. The average molecular weight is 319 g/mol. The van der Waals surface area contributed by atoms with Crippen molar-refractivity contribution in [3.05, 3.63) is 65.0 Å². The number of rotatable bonds is 2. The highest BCUT2D eigenvalue weighted by Crippen LogP contribution is 2.32. The quantitative estimate of drug-likeness (QED) is 0.563. The van der Waals surface area contributed by atoms with Crippen molar-refractivity contribution < 1.29 is 13.6 Å². The molecule has 1 N–H and O–H groups in total. The van der Waals surface area contributed by atoms with Gasteiger partial charge in [0.1, 0.15) is 16.9 Å². The molecule has 0 aliphatic rings. The topological polar surface area (TPSA) is 72.5 Å². The molecule has 0 saturated heterocycles. The van der Waals surface area contributed by atoms with E-state index < -0.39 is 5.63 Å². The second-order valence-corrected chi connectivity index (χ2v) is 5.52. The van der Waals surface area contributed by atoms with E-state index in [2.05, 4.69) is 5.32 Å². The lowest BCUT2D eigenvalue weighted by atomic mass is 10.1. The highest BCUT2D eigenvalue weighted by atomic mass is 16.4. The zero-order chi connectivity index (χ0) is 16.7. The molecule has 0 radical (unpaired) electrons. The number of anilines is 1. The number of carbonyl (C=O) groups excluding carboxylic acids is 1. The Bertz CT molecular complexity index is 1100. The van der Waals surface area contributed by atoms with Gasteiger partial charge in [0, 0.05) is 41.1 Å². The maximum atomic E-state index is 11.9. The summed E-state index contributed by atoms with van der Waals surface area (Å²) in [5.74, 6) is 0.409. The predicted molar refractivity (Wildman–Crippen MR) is 92.0 cm³/mol. The summed E-state index contributed by atoms with van der Waals surface area (Å²) in [4.78, 5) is 23.1. The summed E-state index contributed by atoms with van der Waals surface area (Å²) in [6.45, 7) is 1.42. The van der Waals surface area contributed by atoms with Crippen molar-refractivity contribution in [2.24, 2.45) is 0 Å². The van der Waals surface area contributed by atoms with E-state index in [1.54, 1.807) is 18.2 Å². The lowest BCUT2D eigenvalue weighted by Gasteiger charge is -2.06. The van der Waals surface area contributed by atoms with E-state index in [0.29, 0.717) is 22.6 Å². The van der Waals surface area contributed by atoms with Crippen molar-refractivity contribution in [3.8, 4) is 11.3 Å². The number of furan rings is 1. The molecule has 2 aromatic carbocycles. The van der Waals surface area contributed by atoms with Gasteiger partial charge in [0.15, 0.2) is 0 Å². The molecular formula is C19H13NO4. The van der Waals surface area contributed by atoms with Gasteiger partial charge in [-0.15, -0.1) is 0 Å². The summed E-state index contributed by atoms with van der Waals surface area (Å²) in [6.07, 6.45) is 0. The minimum Gasteiger partial charge on any atom is -0.456 e. The molecule has 118 valence electrons. The number of nitrogens with one attached hydrogen (secondary N) is 1. The Morgan fingerprint density at radius 2 is 1.79 bits per heavy atom. The Balaban J connectivity index is 1.94. The molecule has 1 amide bonds. The molecule has 0 aliphatic heterocycles. The van der Waals surface area contributed by atoms with Gasteiger partial charge in [0.2, 0.25) is 5.91 Å². The SMILES string of the molecule is CC(=O)Nc1ccc2c(-c3cc4ccccc4o3)cc(=O)oc2c1. The number of hydrogen-bond acceptors (Lipinski definition) is 4. The average Bonchev–Trinajstić information content (AvgIpc) is 2.97. The monoisotopic (exact) mass is 319 g/mol. The molecule has 0 aliphatic carbocycles. The first-order valence-electron chi connectivity index (χ1n) is 7.44. The number of hydrogen-bond donors (Lipinski definition) is 1. The first-order chi connectivity index (χ1) is 11.6. The molecule has 24 heavy (non-hydrogen) atoms. The smallest absolute Gasteiger partial charge is 0.336 e. The van der Waals surface area contributed by atoms with E-state index in [4.69, 9.17) is 8.83 Å². The minimum atomic E-state index is -0.474. The normalized spacial score (nSPS) is 11.0. The van der Waals surface area contributed by atoms with Crippen LogP contribution in [0.3, 0.4) is 0 Å². The molecule has 0 bridgehead atoms. The van der Waals surface area contributed by atoms with Gasteiger partial charge in [-0.25, -0.2) is 4.79 Å². The van der Waals surface area contributed by atoms with Crippen LogP contribution in [0.15, 0.2) is 68.2 Å². The van der Waals surface area contributed by atoms with Crippen molar-refractivity contribution in [2.75, 3.05) is 5.32 Å². The Kier molecular flexibility index (Phi) is 3.20. The third-order valence-corrected chi connectivity index (χ3v) is 3.76. The molecule has 2 heterocycles. The molecule has 2 aromatic heterocycles. The standard InChI is InChI=1S/C19H13NO4/c1-11(21)20-13-6-7-14-15(10-19(22)24-18(14)9-13)17-8-12-4-2-3-5-16(12)23-17/h2-10H,1H3,(H,20,21). The number of amides is 1. The molecule has 4 rings (SSSR count). The van der Waals surface area contributed by atoms with Gasteiger partial charge < -0.3 is 14.2 Å². The van der Waals surface area contributed by atoms with E-state index >= 15 is 0 Å². The van der Waals surface area contributed by atoms with Crippen LogP contribution in [0.5, 0.6) is 0 Å². The summed E-state index contributed by atoms with van der Waals surface area (Å²) < 4.78 is 11.1. The molecule has 0 unspecified atom stereocenters. The number of carbonyl (C=O) groups is 1. The van der Waals surface area contributed by atoms with Crippen LogP contribution in [0.2, 0.25) is 0 Å². The lowest BCUT2D eigenvalue weighted by molar-refractivity contribution is -0.114. The third kappa shape index (κ3) is 2.46. The van der Waals surface area contributed by atoms with Gasteiger partial charge >= 0.3 is 5.63 Å². The first kappa shape index (κ1) is 14.3. The minimum absolute atomic E-state index is 0.190. The number of para-hydroxylation sites is 1. The zero-order valence-electron chi connectivity index (χ0n) is 12.8. The molecule has 0 spiro atoms. The molecule has 5 heteroatoms. The molecule has 0 fully saturated rings. The van der Waals surface area contributed by atoms with Crippen molar-refractivity contribution in [2.45, 2.75) is 6.92 Å². The summed E-state index contributed by atoms with van der Waals surface area (Å²) in [7, 11) is 0. The summed E-state index contributed by atoms with van der Waals surface area (Å²) in [6, 6.07) is 16.1. The van der Waals surface area contributed by atoms with Crippen molar-refractivity contribution in [1.29, 1.82) is 0 Å².